The minimum atomic E-state index is -0.813. The van der Waals surface area contributed by atoms with E-state index in [0.29, 0.717) is 45.1 Å². The molecule has 1 aromatic carbocycles. The molecule has 0 spiro atoms. The highest BCUT2D eigenvalue weighted by Gasteiger charge is 2.25. The fourth-order valence-corrected chi connectivity index (χ4v) is 4.32. The molecule has 7 nitrogen and oxygen atoms in total. The number of esters is 1. The summed E-state index contributed by atoms with van der Waals surface area (Å²) in [5.41, 5.74) is 1.06. The molecular formula is C22H19Cl2NO6S. The maximum absolute atomic E-state index is 12.8. The van der Waals surface area contributed by atoms with Gasteiger partial charge < -0.3 is 19.4 Å². The second-order valence-corrected chi connectivity index (χ2v) is 8.48. The largest absolute Gasteiger partial charge is 0.619 e. The molecule has 10 heteroatoms. The smallest absolute Gasteiger partial charge is 0.348 e. The highest BCUT2D eigenvalue weighted by molar-refractivity contribution is 7.15. The van der Waals surface area contributed by atoms with Crippen LogP contribution in [0.1, 0.15) is 43.5 Å². The molecule has 0 saturated heterocycles. The lowest BCUT2D eigenvalue weighted by Gasteiger charge is -2.21. The molecule has 0 N–H and O–H groups in total. The lowest BCUT2D eigenvalue weighted by Crippen LogP contribution is -2.25. The van der Waals surface area contributed by atoms with Crippen molar-refractivity contribution >= 4 is 46.8 Å². The average molecular weight is 496 g/mol. The van der Waals surface area contributed by atoms with Gasteiger partial charge in [0, 0.05) is 12.0 Å². The Kier molecular flexibility index (Phi) is 7.95. The molecule has 0 bridgehead atoms. The molecule has 2 heterocycles. The van der Waals surface area contributed by atoms with E-state index in [1.165, 1.54) is 25.6 Å². The third-order valence-corrected chi connectivity index (χ3v) is 6.14. The predicted molar refractivity (Wildman–Crippen MR) is 121 cm³/mol. The Morgan fingerprint density at radius 1 is 1.19 bits per heavy atom. The normalized spacial score (nSPS) is 11.6. The van der Waals surface area contributed by atoms with E-state index in [2.05, 4.69) is 0 Å². The first-order valence-corrected chi connectivity index (χ1v) is 11.1. The first kappa shape index (κ1) is 23.8. The van der Waals surface area contributed by atoms with Crippen LogP contribution in [0.15, 0.2) is 42.7 Å². The van der Waals surface area contributed by atoms with Crippen LogP contribution >= 0.6 is 34.5 Å². The summed E-state index contributed by atoms with van der Waals surface area (Å²) in [6, 6.07) is 8.22. The SMILES string of the molecule is CCOc1cc(C(Cc2c(Cl)c[n+]([O-])cc2Cl)OC(=O)c2ccc(C=O)s2)ccc1OC. The standard InChI is InChI=1S/C22H19Cl2NO6S/c1-3-30-20-8-13(4-6-18(20)29-2)19(9-15-16(23)10-25(28)11-17(15)24)31-22(27)21-7-5-14(12-26)32-21/h4-8,10-12,19H,3,9H2,1-2H3. The molecule has 0 radical (unpaired) electrons. The molecule has 32 heavy (non-hydrogen) atoms. The molecule has 168 valence electrons. The van der Waals surface area contributed by atoms with Crippen LogP contribution in [0.3, 0.4) is 0 Å². The maximum Gasteiger partial charge on any atom is 0.348 e. The van der Waals surface area contributed by atoms with Gasteiger partial charge in [0.2, 0.25) is 0 Å². The van der Waals surface area contributed by atoms with Crippen molar-refractivity contribution in [2.75, 3.05) is 13.7 Å². The maximum atomic E-state index is 12.8. The van der Waals surface area contributed by atoms with Gasteiger partial charge in [0.05, 0.1) is 18.6 Å². The number of aldehydes is 1. The van der Waals surface area contributed by atoms with Gasteiger partial charge in [0.25, 0.3) is 0 Å². The van der Waals surface area contributed by atoms with Crippen LogP contribution in [0, 0.1) is 5.21 Å². The van der Waals surface area contributed by atoms with E-state index in [1.54, 1.807) is 24.3 Å². The van der Waals surface area contributed by atoms with Gasteiger partial charge in [-0.1, -0.05) is 29.3 Å². The number of carbonyl (C=O) groups excluding carboxylic acids is 2. The number of methoxy groups -OCH3 is 1. The van der Waals surface area contributed by atoms with Crippen molar-refractivity contribution in [3.63, 3.8) is 0 Å². The van der Waals surface area contributed by atoms with E-state index in [-0.39, 0.29) is 21.3 Å². The van der Waals surface area contributed by atoms with E-state index >= 15 is 0 Å². The Labute approximate surface area is 198 Å². The van der Waals surface area contributed by atoms with Crippen molar-refractivity contribution < 1.29 is 28.5 Å². The first-order valence-electron chi connectivity index (χ1n) is 9.49. The Bertz CT molecular complexity index is 1110. The summed E-state index contributed by atoms with van der Waals surface area (Å²) in [6.07, 6.45) is 2.31. The van der Waals surface area contributed by atoms with Gasteiger partial charge in [-0.3, -0.25) is 4.79 Å². The van der Waals surface area contributed by atoms with Crippen molar-refractivity contribution in [1.29, 1.82) is 0 Å². The first-order chi connectivity index (χ1) is 15.4. The van der Waals surface area contributed by atoms with Crippen molar-refractivity contribution in [3.05, 3.63) is 78.9 Å². The fourth-order valence-electron chi connectivity index (χ4n) is 3.01. The number of pyridine rings is 1. The topological polar surface area (TPSA) is 88.8 Å². The van der Waals surface area contributed by atoms with Crippen molar-refractivity contribution in [1.82, 2.24) is 0 Å². The lowest BCUT2D eigenvalue weighted by atomic mass is 10.0. The van der Waals surface area contributed by atoms with Gasteiger partial charge in [-0.15, -0.1) is 11.3 Å². The third kappa shape index (κ3) is 5.51. The highest BCUT2D eigenvalue weighted by atomic mass is 35.5. The molecule has 1 atom stereocenters. The number of nitrogens with zero attached hydrogens (tertiary/aromatic N) is 1. The molecule has 0 saturated carbocycles. The Hall–Kier alpha value is -2.81. The second kappa shape index (κ2) is 10.7. The molecule has 0 amide bonds. The molecule has 0 aliphatic rings. The van der Waals surface area contributed by atoms with Crippen LogP contribution < -0.4 is 14.2 Å². The summed E-state index contributed by atoms with van der Waals surface area (Å²) in [5.74, 6) is 0.400. The van der Waals surface area contributed by atoms with Crippen LogP contribution in [0.4, 0.5) is 0 Å². The summed E-state index contributed by atoms with van der Waals surface area (Å²) in [6.45, 7) is 2.25. The van der Waals surface area contributed by atoms with Crippen LogP contribution in [0.5, 0.6) is 11.5 Å². The number of halogens is 2. The van der Waals surface area contributed by atoms with Gasteiger partial charge in [-0.2, -0.15) is 4.73 Å². The van der Waals surface area contributed by atoms with Crippen molar-refractivity contribution in [3.8, 4) is 11.5 Å². The molecule has 0 fully saturated rings. The number of hydrogen-bond donors (Lipinski definition) is 0. The number of carbonyl (C=O) groups is 2. The number of aromatic nitrogens is 1. The number of benzene rings is 1. The van der Waals surface area contributed by atoms with Gasteiger partial charge in [0.1, 0.15) is 21.0 Å². The number of rotatable bonds is 9. The zero-order valence-electron chi connectivity index (χ0n) is 17.2. The summed E-state index contributed by atoms with van der Waals surface area (Å²) < 4.78 is 17.3. The number of thiophene rings is 1. The van der Waals surface area contributed by atoms with Crippen LogP contribution in [-0.4, -0.2) is 26.0 Å². The molecule has 3 aromatic rings. The lowest BCUT2D eigenvalue weighted by molar-refractivity contribution is -0.605. The minimum Gasteiger partial charge on any atom is -0.619 e. The van der Waals surface area contributed by atoms with Crippen LogP contribution in [-0.2, 0) is 11.2 Å². The monoisotopic (exact) mass is 495 g/mol. The second-order valence-electron chi connectivity index (χ2n) is 6.55. The molecule has 1 unspecified atom stereocenters. The van der Waals surface area contributed by atoms with Gasteiger partial charge >= 0.3 is 5.97 Å². The molecule has 0 aliphatic heterocycles. The van der Waals surface area contributed by atoms with E-state index in [4.69, 9.17) is 37.4 Å². The molecule has 3 rings (SSSR count). The Balaban J connectivity index is 2.00. The van der Waals surface area contributed by atoms with Crippen LogP contribution in [0.25, 0.3) is 0 Å². The average Bonchev–Trinajstić information content (AvgIpc) is 3.25. The third-order valence-electron chi connectivity index (χ3n) is 4.50. The zero-order valence-corrected chi connectivity index (χ0v) is 19.5. The van der Waals surface area contributed by atoms with Gasteiger partial charge in [-0.25, -0.2) is 4.79 Å². The highest BCUT2D eigenvalue weighted by Crippen LogP contribution is 2.35. The van der Waals surface area contributed by atoms with E-state index in [0.717, 1.165) is 11.3 Å². The molecule has 0 aliphatic carbocycles. The Morgan fingerprint density at radius 2 is 1.91 bits per heavy atom. The van der Waals surface area contributed by atoms with Gasteiger partial charge in [-0.05, 0) is 36.8 Å². The van der Waals surface area contributed by atoms with E-state index < -0.39 is 12.1 Å². The number of ether oxygens (including phenoxy) is 3. The van der Waals surface area contributed by atoms with Gasteiger partial charge in [0.15, 0.2) is 30.2 Å². The van der Waals surface area contributed by atoms with E-state index in [9.17, 15) is 14.8 Å². The molecule has 2 aromatic heterocycles. The fraction of sp³-hybridized carbons (Fsp3) is 0.227. The van der Waals surface area contributed by atoms with Crippen molar-refractivity contribution in [2.45, 2.75) is 19.4 Å². The summed E-state index contributed by atoms with van der Waals surface area (Å²) in [7, 11) is 1.53. The predicted octanol–water partition coefficient (Wildman–Crippen LogP) is 5.05. The molecular weight excluding hydrogens is 477 g/mol. The van der Waals surface area contributed by atoms with Crippen LogP contribution in [0.2, 0.25) is 10.0 Å². The Morgan fingerprint density at radius 3 is 2.50 bits per heavy atom. The minimum absolute atomic E-state index is 0.105. The summed E-state index contributed by atoms with van der Waals surface area (Å²) >= 11 is 13.5. The van der Waals surface area contributed by atoms with E-state index in [1.807, 2.05) is 6.92 Å². The quantitative estimate of drug-likeness (QED) is 0.178. The summed E-state index contributed by atoms with van der Waals surface area (Å²) in [4.78, 5) is 24.5. The zero-order chi connectivity index (χ0) is 23.3. The van der Waals surface area contributed by atoms with Crippen molar-refractivity contribution in [2.24, 2.45) is 0 Å². The number of hydrogen-bond acceptors (Lipinski definition) is 7. The summed E-state index contributed by atoms with van der Waals surface area (Å²) in [5, 5.41) is 11.9.